The molecule has 0 spiro atoms. The second kappa shape index (κ2) is 6.43. The van der Waals surface area contributed by atoms with Gasteiger partial charge in [-0.2, -0.15) is 4.39 Å². The van der Waals surface area contributed by atoms with Crippen molar-refractivity contribution in [1.82, 2.24) is 9.88 Å². The predicted molar refractivity (Wildman–Crippen MR) is 65.3 cm³/mol. The average molecular weight is 225 g/mol. The maximum atomic E-state index is 13.0. The van der Waals surface area contributed by atoms with E-state index in [1.165, 1.54) is 6.07 Å². The highest BCUT2D eigenvalue weighted by atomic mass is 19.1. The Morgan fingerprint density at radius 3 is 2.50 bits per heavy atom. The van der Waals surface area contributed by atoms with Gasteiger partial charge in [-0.1, -0.05) is 13.0 Å². The second-order valence-corrected chi connectivity index (χ2v) is 4.11. The van der Waals surface area contributed by atoms with Crippen LogP contribution in [0.1, 0.15) is 13.3 Å². The van der Waals surface area contributed by atoms with Gasteiger partial charge in [0.1, 0.15) is 5.82 Å². The monoisotopic (exact) mass is 225 g/mol. The topological polar surface area (TPSA) is 19.4 Å². The Morgan fingerprint density at radius 1 is 1.19 bits per heavy atom. The number of likely N-dealkylation sites (N-methyl/N-ethyl adjacent to an activating group) is 1. The maximum absolute atomic E-state index is 13.0. The first kappa shape index (κ1) is 12.9. The van der Waals surface area contributed by atoms with Crippen LogP contribution < -0.4 is 4.90 Å². The van der Waals surface area contributed by atoms with Gasteiger partial charge in [0.25, 0.3) is 0 Å². The predicted octanol–water partition coefficient (Wildman–Crippen LogP) is 2.00. The minimum atomic E-state index is -0.413. The van der Waals surface area contributed by atoms with E-state index in [4.69, 9.17) is 0 Å². The SMILES string of the molecule is CCCN(CCN(C)C)c1cccc(F)n1. The molecule has 4 heteroatoms. The average Bonchev–Trinajstić information content (AvgIpc) is 2.24. The summed E-state index contributed by atoms with van der Waals surface area (Å²) in [6.45, 7) is 4.84. The molecular formula is C12H20FN3. The number of hydrogen-bond donors (Lipinski definition) is 0. The van der Waals surface area contributed by atoms with Crippen LogP contribution in [0.3, 0.4) is 0 Å². The summed E-state index contributed by atoms with van der Waals surface area (Å²) in [4.78, 5) is 8.14. The van der Waals surface area contributed by atoms with Gasteiger partial charge in [0, 0.05) is 19.6 Å². The molecule has 1 aromatic rings. The van der Waals surface area contributed by atoms with Crippen molar-refractivity contribution in [3.8, 4) is 0 Å². The molecule has 16 heavy (non-hydrogen) atoms. The van der Waals surface area contributed by atoms with Gasteiger partial charge >= 0.3 is 0 Å². The summed E-state index contributed by atoms with van der Waals surface area (Å²) in [6, 6.07) is 4.93. The van der Waals surface area contributed by atoms with Crippen LogP contribution >= 0.6 is 0 Å². The van der Waals surface area contributed by atoms with Crippen LogP contribution in [0, 0.1) is 5.95 Å². The van der Waals surface area contributed by atoms with Crippen LogP contribution in [0.2, 0.25) is 0 Å². The molecule has 0 aromatic carbocycles. The molecular weight excluding hydrogens is 205 g/mol. The van der Waals surface area contributed by atoms with Crippen LogP contribution in [0.5, 0.6) is 0 Å². The lowest BCUT2D eigenvalue weighted by Crippen LogP contribution is -2.33. The standard InChI is InChI=1S/C12H20FN3/c1-4-8-16(10-9-15(2)3)12-7-5-6-11(13)14-12/h5-7H,4,8-10H2,1-3H3. The van der Waals surface area contributed by atoms with E-state index in [1.54, 1.807) is 6.07 Å². The Morgan fingerprint density at radius 2 is 1.94 bits per heavy atom. The highest BCUT2D eigenvalue weighted by Crippen LogP contribution is 2.11. The molecule has 0 saturated heterocycles. The van der Waals surface area contributed by atoms with Crippen molar-refractivity contribution in [2.24, 2.45) is 0 Å². The smallest absolute Gasteiger partial charge is 0.214 e. The van der Waals surface area contributed by atoms with Gasteiger partial charge in [0.2, 0.25) is 5.95 Å². The zero-order chi connectivity index (χ0) is 12.0. The summed E-state index contributed by atoms with van der Waals surface area (Å²) >= 11 is 0. The largest absolute Gasteiger partial charge is 0.355 e. The third-order valence-corrected chi connectivity index (χ3v) is 2.34. The number of nitrogens with zero attached hydrogens (tertiary/aromatic N) is 3. The Hall–Kier alpha value is -1.16. The lowest BCUT2D eigenvalue weighted by molar-refractivity contribution is 0.412. The molecule has 0 unspecified atom stereocenters. The molecule has 0 N–H and O–H groups in total. The number of anilines is 1. The van der Waals surface area contributed by atoms with E-state index in [2.05, 4.69) is 21.7 Å². The molecule has 0 aliphatic rings. The van der Waals surface area contributed by atoms with Gasteiger partial charge in [-0.3, -0.25) is 0 Å². The number of halogens is 1. The lowest BCUT2D eigenvalue weighted by atomic mass is 10.3. The van der Waals surface area contributed by atoms with Crippen LogP contribution in [0.15, 0.2) is 18.2 Å². The highest BCUT2D eigenvalue weighted by molar-refractivity contribution is 5.37. The van der Waals surface area contributed by atoms with Gasteiger partial charge in [0.05, 0.1) is 0 Å². The lowest BCUT2D eigenvalue weighted by Gasteiger charge is -2.24. The third-order valence-electron chi connectivity index (χ3n) is 2.34. The van der Waals surface area contributed by atoms with Crippen LogP contribution in [0.25, 0.3) is 0 Å². The van der Waals surface area contributed by atoms with E-state index in [9.17, 15) is 4.39 Å². The molecule has 0 aliphatic heterocycles. The van der Waals surface area contributed by atoms with Crippen molar-refractivity contribution in [3.05, 3.63) is 24.1 Å². The fraction of sp³-hybridized carbons (Fsp3) is 0.583. The molecule has 0 atom stereocenters. The van der Waals surface area contributed by atoms with Crippen molar-refractivity contribution >= 4 is 5.82 Å². The third kappa shape index (κ3) is 4.14. The van der Waals surface area contributed by atoms with Crippen molar-refractivity contribution in [1.29, 1.82) is 0 Å². The zero-order valence-corrected chi connectivity index (χ0v) is 10.3. The van der Waals surface area contributed by atoms with Crippen molar-refractivity contribution < 1.29 is 4.39 Å². The summed E-state index contributed by atoms with van der Waals surface area (Å²) in [5.74, 6) is 0.312. The van der Waals surface area contributed by atoms with Crippen molar-refractivity contribution in [3.63, 3.8) is 0 Å². The van der Waals surface area contributed by atoms with Crippen molar-refractivity contribution in [2.45, 2.75) is 13.3 Å². The summed E-state index contributed by atoms with van der Waals surface area (Å²) in [6.07, 6.45) is 1.03. The molecule has 0 amide bonds. The molecule has 0 saturated carbocycles. The second-order valence-electron chi connectivity index (χ2n) is 4.11. The van der Waals surface area contributed by atoms with Gasteiger partial charge in [-0.15, -0.1) is 0 Å². The summed E-state index contributed by atoms with van der Waals surface area (Å²) in [5.41, 5.74) is 0. The van der Waals surface area contributed by atoms with E-state index < -0.39 is 5.95 Å². The first-order chi connectivity index (χ1) is 7.63. The van der Waals surface area contributed by atoms with E-state index in [1.807, 2.05) is 20.2 Å². The van der Waals surface area contributed by atoms with Gasteiger partial charge in [-0.25, -0.2) is 4.98 Å². The van der Waals surface area contributed by atoms with Gasteiger partial charge < -0.3 is 9.80 Å². The molecule has 0 bridgehead atoms. The fourth-order valence-electron chi connectivity index (χ4n) is 1.51. The Balaban J connectivity index is 2.68. The zero-order valence-electron chi connectivity index (χ0n) is 10.3. The molecule has 3 nitrogen and oxygen atoms in total. The quantitative estimate of drug-likeness (QED) is 0.690. The summed E-state index contributed by atoms with van der Waals surface area (Å²) in [5, 5.41) is 0. The molecule has 1 heterocycles. The molecule has 90 valence electrons. The molecule has 0 aliphatic carbocycles. The minimum absolute atomic E-state index is 0.413. The van der Waals surface area contributed by atoms with Crippen LogP contribution in [-0.4, -0.2) is 43.6 Å². The molecule has 0 radical (unpaired) electrons. The van der Waals surface area contributed by atoms with Crippen LogP contribution in [0.4, 0.5) is 10.2 Å². The van der Waals surface area contributed by atoms with Gasteiger partial charge in [-0.05, 0) is 32.6 Å². The summed E-state index contributed by atoms with van der Waals surface area (Å²) in [7, 11) is 4.06. The minimum Gasteiger partial charge on any atom is -0.355 e. The number of hydrogen-bond acceptors (Lipinski definition) is 3. The highest BCUT2D eigenvalue weighted by Gasteiger charge is 2.07. The van der Waals surface area contributed by atoms with Gasteiger partial charge in [0.15, 0.2) is 0 Å². The van der Waals surface area contributed by atoms with Crippen molar-refractivity contribution in [2.75, 3.05) is 38.6 Å². The van der Waals surface area contributed by atoms with E-state index in [-0.39, 0.29) is 0 Å². The Labute approximate surface area is 96.9 Å². The molecule has 0 fully saturated rings. The fourth-order valence-corrected chi connectivity index (χ4v) is 1.51. The maximum Gasteiger partial charge on any atom is 0.214 e. The van der Waals surface area contributed by atoms with E-state index >= 15 is 0 Å². The molecule has 1 aromatic heterocycles. The first-order valence-electron chi connectivity index (χ1n) is 5.65. The normalized spacial score (nSPS) is 10.8. The van der Waals surface area contributed by atoms with E-state index in [0.29, 0.717) is 0 Å². The first-order valence-corrected chi connectivity index (χ1v) is 5.65. The Bertz CT molecular complexity index is 315. The Kier molecular flexibility index (Phi) is 5.19. The van der Waals surface area contributed by atoms with E-state index in [0.717, 1.165) is 31.9 Å². The number of rotatable bonds is 6. The number of aromatic nitrogens is 1. The number of pyridine rings is 1. The molecule has 1 rings (SSSR count). The summed E-state index contributed by atoms with van der Waals surface area (Å²) < 4.78 is 13.0. The van der Waals surface area contributed by atoms with Crippen LogP contribution in [-0.2, 0) is 0 Å².